The van der Waals surface area contributed by atoms with E-state index < -0.39 is 0 Å². The first-order chi connectivity index (χ1) is 11.5. The summed E-state index contributed by atoms with van der Waals surface area (Å²) >= 11 is 0. The Balaban J connectivity index is 2.21. The smallest absolute Gasteiger partial charge is 0.278 e. The second-order valence-electron chi connectivity index (χ2n) is 5.33. The molecule has 0 saturated carbocycles. The highest BCUT2D eigenvalue weighted by Gasteiger charge is 2.22. The topological polar surface area (TPSA) is 103 Å². The van der Waals surface area contributed by atoms with Crippen molar-refractivity contribution < 1.29 is 14.1 Å². The molecule has 24 heavy (non-hydrogen) atoms. The van der Waals surface area contributed by atoms with E-state index in [0.29, 0.717) is 29.8 Å². The lowest BCUT2D eigenvalue weighted by Crippen LogP contribution is -2.39. The van der Waals surface area contributed by atoms with Crippen molar-refractivity contribution in [2.75, 3.05) is 26.0 Å². The Morgan fingerprint density at radius 1 is 1.46 bits per heavy atom. The Labute approximate surface area is 137 Å². The zero-order chi connectivity index (χ0) is 17.3. The Morgan fingerprint density at radius 3 is 3.00 bits per heavy atom. The van der Waals surface area contributed by atoms with Gasteiger partial charge in [0.1, 0.15) is 10.9 Å². The van der Waals surface area contributed by atoms with E-state index in [1.807, 2.05) is 0 Å². The first-order valence-electron chi connectivity index (χ1n) is 7.41. The van der Waals surface area contributed by atoms with E-state index in [4.69, 9.17) is 10.5 Å². The lowest BCUT2D eigenvalue weighted by atomic mass is 10.2. The molecule has 8 heteroatoms. The largest absolute Gasteiger partial charge is 0.383 e. The predicted molar refractivity (Wildman–Crippen MR) is 88.8 cm³/mol. The summed E-state index contributed by atoms with van der Waals surface area (Å²) in [6.45, 7) is 0.742. The first kappa shape index (κ1) is 15.9. The molecule has 3 heterocycles. The Hall–Kier alpha value is -3.00. The third-order valence-electron chi connectivity index (χ3n) is 3.83. The van der Waals surface area contributed by atoms with E-state index >= 15 is 0 Å². The summed E-state index contributed by atoms with van der Waals surface area (Å²) in [6.07, 6.45) is 1.64. The summed E-state index contributed by atoms with van der Waals surface area (Å²) in [4.78, 5) is 29.5. The summed E-state index contributed by atoms with van der Waals surface area (Å²) in [5.74, 6) is -0.121. The maximum Gasteiger partial charge on any atom is 0.278 e. The molecule has 0 saturated heterocycles. The number of methoxy groups -OCH3 is 1. The number of aryl methyl sites for hydroxylation is 1. The van der Waals surface area contributed by atoms with E-state index in [1.54, 1.807) is 43.1 Å². The monoisotopic (exact) mass is 328 g/mol. The number of nitrogens with two attached hydrogens (primary N) is 1. The van der Waals surface area contributed by atoms with Gasteiger partial charge in [-0.05, 0) is 18.2 Å². The van der Waals surface area contributed by atoms with Crippen LogP contribution < -0.4 is 21.2 Å². The summed E-state index contributed by atoms with van der Waals surface area (Å²) in [5, 5.41) is 3.03. The van der Waals surface area contributed by atoms with Crippen LogP contribution in [0.3, 0.4) is 0 Å². The first-order valence-corrected chi connectivity index (χ1v) is 7.41. The van der Waals surface area contributed by atoms with Crippen molar-refractivity contribution in [3.8, 4) is 0 Å². The van der Waals surface area contributed by atoms with Gasteiger partial charge in [-0.1, -0.05) is 11.1 Å². The van der Waals surface area contributed by atoms with E-state index in [-0.39, 0.29) is 22.8 Å². The second-order valence-corrected chi connectivity index (χ2v) is 5.33. The van der Waals surface area contributed by atoms with Gasteiger partial charge in [0.25, 0.3) is 17.1 Å². The number of ether oxygens (including phenoxy) is 1. The lowest BCUT2D eigenvalue weighted by molar-refractivity contribution is -0.632. The molecule has 0 atom stereocenters. The molecular weight excluding hydrogens is 310 g/mol. The van der Waals surface area contributed by atoms with E-state index in [9.17, 15) is 9.59 Å². The summed E-state index contributed by atoms with van der Waals surface area (Å²) in [7, 11) is 3.23. The maximum absolute atomic E-state index is 12.7. The van der Waals surface area contributed by atoms with Crippen LogP contribution in [0.15, 0.2) is 35.3 Å². The highest BCUT2D eigenvalue weighted by molar-refractivity contribution is 6.00. The minimum absolute atomic E-state index is 0.232. The fraction of sp³-hybridized carbons (Fsp3) is 0.250. The van der Waals surface area contributed by atoms with Gasteiger partial charge >= 0.3 is 0 Å². The molecule has 0 spiro atoms. The van der Waals surface area contributed by atoms with Crippen LogP contribution in [0.4, 0.5) is 5.82 Å². The predicted octanol–water partition coefficient (Wildman–Crippen LogP) is -0.369. The Morgan fingerprint density at radius 2 is 2.25 bits per heavy atom. The molecule has 1 amide bonds. The summed E-state index contributed by atoms with van der Waals surface area (Å²) in [5.41, 5.74) is 6.99. The fourth-order valence-corrected chi connectivity index (χ4v) is 2.53. The minimum Gasteiger partial charge on any atom is -0.383 e. The van der Waals surface area contributed by atoms with Gasteiger partial charge in [-0.3, -0.25) is 14.0 Å². The molecule has 0 unspecified atom stereocenters. The lowest BCUT2D eigenvalue weighted by Gasteiger charge is -2.09. The normalized spacial score (nSPS) is 11.1. The number of hydrogen-bond acceptors (Lipinski definition) is 5. The number of carbonyl (C=O) groups excluding carboxylic acids is 1. The molecule has 0 radical (unpaired) electrons. The molecule has 124 valence electrons. The van der Waals surface area contributed by atoms with Crippen molar-refractivity contribution in [3.05, 3.63) is 46.4 Å². The number of nitrogens with one attached hydrogen (secondary N) is 1. The van der Waals surface area contributed by atoms with E-state index in [2.05, 4.69) is 10.3 Å². The van der Waals surface area contributed by atoms with Crippen molar-refractivity contribution >= 4 is 28.4 Å². The average Bonchev–Trinajstić information content (AvgIpc) is 2.59. The number of nitrogen functional groups attached to an aromatic ring is 1. The molecular formula is C16H18N5O3+. The Kier molecular flexibility index (Phi) is 4.13. The number of fused-ring (bicyclic) bond motifs is 2. The van der Waals surface area contributed by atoms with Crippen LogP contribution in [0.2, 0.25) is 0 Å². The number of pyridine rings is 2. The van der Waals surface area contributed by atoms with Crippen molar-refractivity contribution in [1.29, 1.82) is 0 Å². The zero-order valence-corrected chi connectivity index (χ0v) is 13.4. The minimum atomic E-state index is -0.361. The quantitative estimate of drug-likeness (QED) is 0.386. The molecule has 3 rings (SSSR count). The van der Waals surface area contributed by atoms with E-state index in [0.717, 1.165) is 0 Å². The van der Waals surface area contributed by atoms with Crippen LogP contribution >= 0.6 is 0 Å². The number of carbonyl (C=O) groups is 1. The molecule has 0 aliphatic heterocycles. The van der Waals surface area contributed by atoms with Gasteiger partial charge in [-0.15, -0.1) is 0 Å². The van der Waals surface area contributed by atoms with Gasteiger partial charge in [0.15, 0.2) is 0 Å². The second kappa shape index (κ2) is 6.25. The third kappa shape index (κ3) is 2.56. The molecule has 0 aliphatic rings. The highest BCUT2D eigenvalue weighted by atomic mass is 16.5. The SMILES string of the molecule is COCCNC(=O)c1cc2c(=O)n3ccccc3nc2[n+](C)c1N. The van der Waals surface area contributed by atoms with Crippen molar-refractivity contribution in [2.45, 2.75) is 0 Å². The molecule has 3 aromatic heterocycles. The van der Waals surface area contributed by atoms with Gasteiger partial charge in [0.2, 0.25) is 11.5 Å². The van der Waals surface area contributed by atoms with Crippen molar-refractivity contribution in [3.63, 3.8) is 0 Å². The molecule has 3 aromatic rings. The number of hydrogen-bond donors (Lipinski definition) is 2. The van der Waals surface area contributed by atoms with Crippen LogP contribution in [0.1, 0.15) is 10.4 Å². The standard InChI is InChI=1S/C16H17N5O3/c1-20-13(17)10(15(22)18-6-8-24-2)9-11-14(20)19-12-5-3-4-7-21(12)16(11)23/h3-5,7,9,17H,6,8H2,1-2H3,(H,18,22)/p+1. The number of rotatable bonds is 4. The van der Waals surface area contributed by atoms with Gasteiger partial charge < -0.3 is 15.8 Å². The average molecular weight is 328 g/mol. The number of amides is 1. The van der Waals surface area contributed by atoms with Crippen molar-refractivity contribution in [2.24, 2.45) is 7.05 Å². The fourth-order valence-electron chi connectivity index (χ4n) is 2.53. The van der Waals surface area contributed by atoms with Gasteiger partial charge in [0, 0.05) is 19.9 Å². The summed E-state index contributed by atoms with van der Waals surface area (Å²) < 4.78 is 7.89. The molecule has 8 nitrogen and oxygen atoms in total. The Bertz CT molecular complexity index is 996. The van der Waals surface area contributed by atoms with Crippen LogP contribution in [0, 0.1) is 0 Å². The molecule has 0 aromatic carbocycles. The zero-order valence-electron chi connectivity index (χ0n) is 13.4. The number of nitrogens with zero attached hydrogens (tertiary/aromatic N) is 3. The van der Waals surface area contributed by atoms with Crippen molar-refractivity contribution in [1.82, 2.24) is 14.7 Å². The summed E-state index contributed by atoms with van der Waals surface area (Å²) in [6, 6.07) is 6.77. The molecule has 0 fully saturated rings. The highest BCUT2D eigenvalue weighted by Crippen LogP contribution is 2.13. The third-order valence-corrected chi connectivity index (χ3v) is 3.83. The maximum atomic E-state index is 12.7. The van der Waals surface area contributed by atoms with Crippen LogP contribution in [0.5, 0.6) is 0 Å². The van der Waals surface area contributed by atoms with Crippen LogP contribution in [-0.2, 0) is 11.8 Å². The molecule has 0 aliphatic carbocycles. The van der Waals surface area contributed by atoms with Crippen LogP contribution in [0.25, 0.3) is 16.7 Å². The number of aromatic nitrogens is 3. The number of anilines is 1. The van der Waals surface area contributed by atoms with Gasteiger partial charge in [-0.2, -0.15) is 0 Å². The van der Waals surface area contributed by atoms with Crippen LogP contribution in [-0.4, -0.2) is 35.6 Å². The van der Waals surface area contributed by atoms with Gasteiger partial charge in [0.05, 0.1) is 13.7 Å². The van der Waals surface area contributed by atoms with E-state index in [1.165, 1.54) is 10.5 Å². The van der Waals surface area contributed by atoms with Gasteiger partial charge in [-0.25, -0.2) is 4.57 Å². The molecule has 3 N–H and O–H groups in total. The molecule has 0 bridgehead atoms.